The molecule has 0 aliphatic heterocycles. The van der Waals surface area contributed by atoms with E-state index in [-0.39, 0.29) is 4.87 Å². The molecule has 16 heavy (non-hydrogen) atoms. The predicted octanol–water partition coefficient (Wildman–Crippen LogP) is -0.632. The number of carbonyl (C=O) groups excluding carboxylic acids is 1. The lowest BCUT2D eigenvalue weighted by atomic mass is 9.96. The highest BCUT2D eigenvalue weighted by molar-refractivity contribution is 7.16. The predicted molar refractivity (Wildman–Crippen MR) is 68.2 cm³/mol. The average molecular weight is 234 g/mol. The second-order valence-electron chi connectivity index (χ2n) is 3.79. The first-order valence-corrected chi connectivity index (χ1v) is 5.73. The van der Waals surface area contributed by atoms with E-state index in [9.17, 15) is 9.59 Å². The van der Waals surface area contributed by atoms with Gasteiger partial charge in [-0.3, -0.25) is 14.2 Å². The molecule has 0 saturated carbocycles. The quantitative estimate of drug-likeness (QED) is 0.703. The molecule has 0 bridgehead atoms. The molecule has 0 radical (unpaired) electrons. The number of benzene rings is 1. The molecular weight excluding hydrogens is 223 g/mol. The molecule has 0 fully saturated rings. The Balaban J connectivity index is 2.74. The summed E-state index contributed by atoms with van der Waals surface area (Å²) < 4.78 is 2.33. The number of fused-ring (bicyclic) bond motifs is 1. The van der Waals surface area contributed by atoms with E-state index in [1.54, 1.807) is 6.92 Å². The van der Waals surface area contributed by atoms with Crippen molar-refractivity contribution in [2.75, 3.05) is 0 Å². The first-order valence-electron chi connectivity index (χ1n) is 4.91. The lowest BCUT2D eigenvalue weighted by Gasteiger charge is -2.09. The molecule has 6 heteroatoms. The van der Waals surface area contributed by atoms with Crippen LogP contribution in [0, 0.1) is 0 Å². The van der Waals surface area contributed by atoms with Gasteiger partial charge in [0.1, 0.15) is 13.9 Å². The standard InChI is InChI=1S/C10H11BN2O2S/c1-5(9(12)14)13-7-3-2-6(11)4-8(7)16-10(13)15/h2-5H,11H2,1H3,(H2,12,14). The summed E-state index contributed by atoms with van der Waals surface area (Å²) in [6.45, 7) is 1.63. The number of hydrogen-bond donors (Lipinski definition) is 1. The molecule has 1 heterocycles. The largest absolute Gasteiger partial charge is 0.368 e. The van der Waals surface area contributed by atoms with Crippen LogP contribution in [0.25, 0.3) is 10.2 Å². The minimum atomic E-state index is -0.607. The van der Waals surface area contributed by atoms with Crippen LogP contribution in [0.3, 0.4) is 0 Å². The van der Waals surface area contributed by atoms with Gasteiger partial charge in [0.15, 0.2) is 0 Å². The number of rotatable bonds is 2. The number of aromatic nitrogens is 1. The Morgan fingerprint density at radius 2 is 2.25 bits per heavy atom. The van der Waals surface area contributed by atoms with Crippen molar-refractivity contribution in [3.05, 3.63) is 27.9 Å². The second-order valence-corrected chi connectivity index (χ2v) is 4.78. The van der Waals surface area contributed by atoms with Gasteiger partial charge < -0.3 is 5.73 Å². The number of nitrogens with zero attached hydrogens (tertiary/aromatic N) is 1. The zero-order chi connectivity index (χ0) is 11.9. The number of nitrogens with two attached hydrogens (primary N) is 1. The Hall–Kier alpha value is -1.56. The summed E-state index contributed by atoms with van der Waals surface area (Å²) in [5, 5.41) is 0. The monoisotopic (exact) mass is 234 g/mol. The summed E-state index contributed by atoms with van der Waals surface area (Å²) in [4.78, 5) is 22.8. The van der Waals surface area contributed by atoms with Crippen LogP contribution < -0.4 is 16.1 Å². The summed E-state index contributed by atoms with van der Waals surface area (Å²) in [6.07, 6.45) is 0. The van der Waals surface area contributed by atoms with Gasteiger partial charge in [-0.2, -0.15) is 0 Å². The van der Waals surface area contributed by atoms with E-state index >= 15 is 0 Å². The minimum absolute atomic E-state index is 0.146. The fraction of sp³-hybridized carbons (Fsp3) is 0.200. The minimum Gasteiger partial charge on any atom is -0.368 e. The molecule has 1 amide bonds. The molecule has 1 aromatic carbocycles. The summed E-state index contributed by atoms with van der Waals surface area (Å²) >= 11 is 1.14. The highest BCUT2D eigenvalue weighted by Gasteiger charge is 2.17. The van der Waals surface area contributed by atoms with Gasteiger partial charge in [-0.15, -0.1) is 0 Å². The van der Waals surface area contributed by atoms with E-state index in [0.717, 1.165) is 27.0 Å². The normalized spacial score (nSPS) is 12.8. The zero-order valence-electron chi connectivity index (χ0n) is 9.06. The van der Waals surface area contributed by atoms with Gasteiger partial charge in [0.05, 0.1) is 10.2 Å². The van der Waals surface area contributed by atoms with Crippen molar-refractivity contribution in [2.24, 2.45) is 5.73 Å². The molecule has 0 aliphatic rings. The summed E-state index contributed by atoms with van der Waals surface area (Å²) in [7, 11) is 1.96. The first-order chi connectivity index (χ1) is 7.50. The van der Waals surface area contributed by atoms with Crippen LogP contribution in [-0.4, -0.2) is 18.3 Å². The smallest absolute Gasteiger partial charge is 0.308 e. The number of primary amides is 1. The van der Waals surface area contributed by atoms with Crippen molar-refractivity contribution in [3.63, 3.8) is 0 Å². The van der Waals surface area contributed by atoms with Gasteiger partial charge in [0.25, 0.3) is 0 Å². The number of carbonyl (C=O) groups is 1. The van der Waals surface area contributed by atoms with Crippen molar-refractivity contribution >= 4 is 40.8 Å². The Kier molecular flexibility index (Phi) is 2.59. The molecule has 0 spiro atoms. The molecule has 1 aromatic heterocycles. The van der Waals surface area contributed by atoms with Gasteiger partial charge >= 0.3 is 4.87 Å². The van der Waals surface area contributed by atoms with E-state index in [2.05, 4.69) is 0 Å². The third-order valence-corrected chi connectivity index (χ3v) is 3.49. The molecule has 0 saturated heterocycles. The number of hydrogen-bond acceptors (Lipinski definition) is 3. The van der Waals surface area contributed by atoms with Crippen LogP contribution in [0.1, 0.15) is 13.0 Å². The van der Waals surface area contributed by atoms with E-state index in [4.69, 9.17) is 5.73 Å². The van der Waals surface area contributed by atoms with Gasteiger partial charge in [0, 0.05) is 0 Å². The molecule has 82 valence electrons. The fourth-order valence-corrected chi connectivity index (χ4v) is 2.70. The second kappa shape index (κ2) is 3.79. The third kappa shape index (κ3) is 1.65. The van der Waals surface area contributed by atoms with Gasteiger partial charge in [-0.1, -0.05) is 22.9 Å². The van der Waals surface area contributed by atoms with Gasteiger partial charge in [-0.05, 0) is 19.1 Å². The van der Waals surface area contributed by atoms with Crippen molar-refractivity contribution < 1.29 is 4.79 Å². The van der Waals surface area contributed by atoms with E-state index in [1.165, 1.54) is 4.57 Å². The van der Waals surface area contributed by atoms with E-state index in [1.807, 2.05) is 26.0 Å². The Morgan fingerprint density at radius 3 is 2.88 bits per heavy atom. The van der Waals surface area contributed by atoms with Crippen molar-refractivity contribution in [3.8, 4) is 0 Å². The summed E-state index contributed by atoms with van der Waals surface area (Å²) in [5.74, 6) is -0.498. The van der Waals surface area contributed by atoms with Crippen LogP contribution in [0.4, 0.5) is 0 Å². The topological polar surface area (TPSA) is 65.1 Å². The molecule has 1 unspecified atom stereocenters. The molecular formula is C10H11BN2O2S. The Labute approximate surface area is 97.1 Å². The lowest BCUT2D eigenvalue weighted by molar-refractivity contribution is -0.120. The molecule has 4 nitrogen and oxygen atoms in total. The van der Waals surface area contributed by atoms with Crippen LogP contribution in [0.15, 0.2) is 23.0 Å². The maximum atomic E-state index is 11.8. The molecule has 1 atom stereocenters. The third-order valence-electron chi connectivity index (χ3n) is 2.57. The van der Waals surface area contributed by atoms with Crippen LogP contribution in [0.5, 0.6) is 0 Å². The van der Waals surface area contributed by atoms with Crippen LogP contribution >= 0.6 is 11.3 Å². The maximum absolute atomic E-state index is 11.8. The van der Waals surface area contributed by atoms with Crippen LogP contribution in [0.2, 0.25) is 0 Å². The highest BCUT2D eigenvalue weighted by atomic mass is 32.1. The highest BCUT2D eigenvalue weighted by Crippen LogP contribution is 2.18. The summed E-state index contributed by atoms with van der Waals surface area (Å²) in [5.41, 5.74) is 7.08. The van der Waals surface area contributed by atoms with Crippen molar-refractivity contribution in [2.45, 2.75) is 13.0 Å². The number of amides is 1. The van der Waals surface area contributed by atoms with Crippen LogP contribution in [-0.2, 0) is 4.79 Å². The first kappa shape index (κ1) is 10.9. The lowest BCUT2D eigenvalue weighted by Crippen LogP contribution is -2.29. The number of thiazole rings is 1. The van der Waals surface area contributed by atoms with E-state index in [0.29, 0.717) is 0 Å². The average Bonchev–Trinajstić information content (AvgIpc) is 2.51. The fourth-order valence-electron chi connectivity index (χ4n) is 1.64. The van der Waals surface area contributed by atoms with Gasteiger partial charge in [0.2, 0.25) is 5.91 Å². The molecule has 2 N–H and O–H groups in total. The molecule has 0 aliphatic carbocycles. The van der Waals surface area contributed by atoms with Crippen molar-refractivity contribution in [1.29, 1.82) is 0 Å². The molecule has 2 aromatic rings. The Bertz CT molecular complexity index is 617. The zero-order valence-corrected chi connectivity index (χ0v) is 9.88. The SMILES string of the molecule is Bc1ccc2c(c1)sc(=O)n2C(C)C(N)=O. The van der Waals surface area contributed by atoms with Crippen molar-refractivity contribution in [1.82, 2.24) is 4.57 Å². The maximum Gasteiger partial charge on any atom is 0.308 e. The summed E-state index contributed by atoms with van der Waals surface area (Å²) in [6, 6.07) is 5.09. The van der Waals surface area contributed by atoms with Gasteiger partial charge in [-0.25, -0.2) is 0 Å². The Morgan fingerprint density at radius 1 is 1.56 bits per heavy atom. The van der Waals surface area contributed by atoms with E-state index < -0.39 is 11.9 Å². The molecule has 2 rings (SSSR count).